The van der Waals surface area contributed by atoms with E-state index in [1.807, 2.05) is 20.8 Å². The minimum Gasteiger partial charge on any atom is -0.458 e. The van der Waals surface area contributed by atoms with E-state index in [4.69, 9.17) is 4.74 Å². The van der Waals surface area contributed by atoms with E-state index in [1.54, 1.807) is 4.90 Å². The molecule has 3 rings (SSSR count). The topological polar surface area (TPSA) is 46.6 Å². The van der Waals surface area contributed by atoms with Crippen molar-refractivity contribution in [1.82, 2.24) is 4.90 Å². The molecule has 1 saturated carbocycles. The zero-order chi connectivity index (χ0) is 15.2. The molecule has 2 bridgehead atoms. The molecule has 4 nitrogen and oxygen atoms in total. The van der Waals surface area contributed by atoms with Crippen LogP contribution < -0.4 is 0 Å². The number of allylic oxidation sites excluding steroid dienone is 2. The van der Waals surface area contributed by atoms with Crippen molar-refractivity contribution in [3.63, 3.8) is 0 Å². The number of likely N-dealkylation sites (tertiary alicyclic amines) is 1. The van der Waals surface area contributed by atoms with Gasteiger partial charge >= 0.3 is 5.97 Å². The Balaban J connectivity index is 1.68. The first kappa shape index (κ1) is 14.6. The molecule has 1 aliphatic heterocycles. The molecule has 3 aliphatic rings. The Morgan fingerprint density at radius 2 is 1.95 bits per heavy atom. The lowest BCUT2D eigenvalue weighted by molar-refractivity contribution is -0.164. The molecule has 21 heavy (non-hydrogen) atoms. The summed E-state index contributed by atoms with van der Waals surface area (Å²) >= 11 is 0. The normalized spacial score (nSPS) is 34.5. The standard InChI is InChI=1S/C17H25NO3/c1-17(2,3)21-16(20)14-5-4-8-18(14)15(19)13-10-11-6-7-12(13)9-11/h6-7,11-14H,4-5,8-10H2,1-3H3/t11?,12?,13?,14-/m0/s1. The van der Waals surface area contributed by atoms with E-state index < -0.39 is 5.60 Å². The van der Waals surface area contributed by atoms with Crippen LogP contribution in [0, 0.1) is 17.8 Å². The van der Waals surface area contributed by atoms with Crippen LogP contribution in [0.15, 0.2) is 12.2 Å². The van der Waals surface area contributed by atoms with Crippen molar-refractivity contribution in [2.45, 2.75) is 58.1 Å². The number of carbonyl (C=O) groups is 2. The monoisotopic (exact) mass is 291 g/mol. The van der Waals surface area contributed by atoms with Crippen molar-refractivity contribution in [3.8, 4) is 0 Å². The Bertz CT molecular complexity index is 477. The number of carbonyl (C=O) groups excluding carboxylic acids is 2. The van der Waals surface area contributed by atoms with Crippen LogP contribution >= 0.6 is 0 Å². The highest BCUT2D eigenvalue weighted by Crippen LogP contribution is 2.44. The van der Waals surface area contributed by atoms with Crippen molar-refractivity contribution in [2.24, 2.45) is 17.8 Å². The predicted octanol–water partition coefficient (Wildman–Crippen LogP) is 2.53. The molecular formula is C17H25NO3. The first-order valence-corrected chi connectivity index (χ1v) is 8.07. The van der Waals surface area contributed by atoms with Crippen LogP contribution in [0.1, 0.15) is 46.5 Å². The minimum absolute atomic E-state index is 0.0861. The Morgan fingerprint density at radius 3 is 2.52 bits per heavy atom. The van der Waals surface area contributed by atoms with Gasteiger partial charge in [-0.3, -0.25) is 4.79 Å². The van der Waals surface area contributed by atoms with Crippen LogP contribution in [0.25, 0.3) is 0 Å². The fourth-order valence-corrected chi connectivity index (χ4v) is 3.92. The molecule has 3 unspecified atom stereocenters. The minimum atomic E-state index is -0.496. The van der Waals surface area contributed by atoms with Gasteiger partial charge in [0.2, 0.25) is 5.91 Å². The van der Waals surface area contributed by atoms with Crippen LogP contribution in [-0.4, -0.2) is 35.0 Å². The first-order valence-electron chi connectivity index (χ1n) is 8.07. The van der Waals surface area contributed by atoms with Gasteiger partial charge in [-0.05, 0) is 58.3 Å². The summed E-state index contributed by atoms with van der Waals surface area (Å²) in [4.78, 5) is 26.9. The number of rotatable bonds is 2. The second-order valence-electron chi connectivity index (χ2n) is 7.61. The molecule has 4 heteroatoms. The first-order chi connectivity index (χ1) is 9.85. The van der Waals surface area contributed by atoms with Gasteiger partial charge in [0.25, 0.3) is 0 Å². The maximum absolute atomic E-state index is 12.8. The Hall–Kier alpha value is -1.32. The molecule has 0 N–H and O–H groups in total. The molecule has 116 valence electrons. The van der Waals surface area contributed by atoms with E-state index in [2.05, 4.69) is 12.2 Å². The largest absolute Gasteiger partial charge is 0.458 e. The van der Waals surface area contributed by atoms with Gasteiger partial charge in [0.05, 0.1) is 0 Å². The fraction of sp³-hybridized carbons (Fsp3) is 0.765. The van der Waals surface area contributed by atoms with Gasteiger partial charge < -0.3 is 9.64 Å². The van der Waals surface area contributed by atoms with Crippen molar-refractivity contribution in [3.05, 3.63) is 12.2 Å². The van der Waals surface area contributed by atoms with E-state index in [-0.39, 0.29) is 23.8 Å². The number of nitrogens with zero attached hydrogens (tertiary/aromatic N) is 1. The highest BCUT2D eigenvalue weighted by Gasteiger charge is 2.45. The summed E-state index contributed by atoms with van der Waals surface area (Å²) < 4.78 is 5.48. The van der Waals surface area contributed by atoms with E-state index >= 15 is 0 Å². The van der Waals surface area contributed by atoms with Gasteiger partial charge in [0.15, 0.2) is 0 Å². The van der Waals surface area contributed by atoms with E-state index in [0.717, 1.165) is 25.7 Å². The van der Waals surface area contributed by atoms with Crippen LogP contribution in [0.4, 0.5) is 0 Å². The quantitative estimate of drug-likeness (QED) is 0.580. The van der Waals surface area contributed by atoms with E-state index in [1.165, 1.54) is 0 Å². The summed E-state index contributed by atoms with van der Waals surface area (Å²) in [7, 11) is 0. The molecule has 0 aromatic heterocycles. The summed E-state index contributed by atoms with van der Waals surface area (Å²) in [6.45, 7) is 6.30. The Morgan fingerprint density at radius 1 is 1.19 bits per heavy atom. The molecule has 1 saturated heterocycles. The number of fused-ring (bicyclic) bond motifs is 2. The molecule has 4 atom stereocenters. The van der Waals surface area contributed by atoms with Gasteiger partial charge in [0.1, 0.15) is 11.6 Å². The average molecular weight is 291 g/mol. The van der Waals surface area contributed by atoms with Gasteiger partial charge in [-0.2, -0.15) is 0 Å². The fourth-order valence-electron chi connectivity index (χ4n) is 3.92. The predicted molar refractivity (Wildman–Crippen MR) is 79.4 cm³/mol. The molecular weight excluding hydrogens is 266 g/mol. The molecule has 2 fully saturated rings. The summed E-state index contributed by atoms with van der Waals surface area (Å²) in [5.74, 6) is 0.976. The lowest BCUT2D eigenvalue weighted by Gasteiger charge is -2.30. The maximum atomic E-state index is 12.8. The van der Waals surface area contributed by atoms with Crippen molar-refractivity contribution >= 4 is 11.9 Å². The van der Waals surface area contributed by atoms with Crippen LogP contribution in [0.2, 0.25) is 0 Å². The smallest absolute Gasteiger partial charge is 0.329 e. The number of amides is 1. The number of esters is 1. The second kappa shape index (κ2) is 5.15. The maximum Gasteiger partial charge on any atom is 0.329 e. The number of hydrogen-bond donors (Lipinski definition) is 0. The van der Waals surface area contributed by atoms with Crippen LogP contribution in [-0.2, 0) is 14.3 Å². The second-order valence-corrected chi connectivity index (χ2v) is 7.61. The highest BCUT2D eigenvalue weighted by atomic mass is 16.6. The number of hydrogen-bond acceptors (Lipinski definition) is 3. The van der Waals surface area contributed by atoms with Crippen LogP contribution in [0.3, 0.4) is 0 Å². The Labute approximate surface area is 126 Å². The van der Waals surface area contributed by atoms with Gasteiger partial charge in [0, 0.05) is 12.5 Å². The summed E-state index contributed by atoms with van der Waals surface area (Å²) in [5.41, 5.74) is -0.496. The lowest BCUT2D eigenvalue weighted by Crippen LogP contribution is -2.46. The van der Waals surface area contributed by atoms with Crippen molar-refractivity contribution in [1.29, 1.82) is 0 Å². The number of ether oxygens (including phenoxy) is 1. The summed E-state index contributed by atoms with van der Waals surface area (Å²) in [6, 6.07) is -0.375. The van der Waals surface area contributed by atoms with Crippen molar-refractivity contribution < 1.29 is 14.3 Å². The van der Waals surface area contributed by atoms with Crippen molar-refractivity contribution in [2.75, 3.05) is 6.54 Å². The molecule has 0 aromatic rings. The summed E-state index contributed by atoms with van der Waals surface area (Å²) in [5, 5.41) is 0. The third-order valence-electron chi connectivity index (χ3n) is 4.81. The van der Waals surface area contributed by atoms with E-state index in [9.17, 15) is 9.59 Å². The third-order valence-corrected chi connectivity index (χ3v) is 4.81. The average Bonchev–Trinajstić information content (AvgIpc) is 3.11. The molecule has 1 amide bonds. The summed E-state index contributed by atoms with van der Waals surface area (Å²) in [6.07, 6.45) is 8.13. The zero-order valence-corrected chi connectivity index (χ0v) is 13.2. The SMILES string of the molecule is CC(C)(C)OC(=O)[C@@H]1CCCN1C(=O)C1CC2C=CC1C2. The van der Waals surface area contributed by atoms with Gasteiger partial charge in [-0.15, -0.1) is 0 Å². The highest BCUT2D eigenvalue weighted by molar-refractivity contribution is 5.87. The zero-order valence-electron chi connectivity index (χ0n) is 13.2. The molecule has 0 aromatic carbocycles. The molecule has 2 aliphatic carbocycles. The Kier molecular flexibility index (Phi) is 3.58. The molecule has 0 radical (unpaired) electrons. The third kappa shape index (κ3) is 2.85. The van der Waals surface area contributed by atoms with E-state index in [0.29, 0.717) is 18.4 Å². The van der Waals surface area contributed by atoms with Gasteiger partial charge in [-0.1, -0.05) is 12.2 Å². The molecule has 0 spiro atoms. The molecule has 1 heterocycles. The van der Waals surface area contributed by atoms with Gasteiger partial charge in [-0.25, -0.2) is 4.79 Å². The lowest BCUT2D eigenvalue weighted by atomic mass is 9.92. The van der Waals surface area contributed by atoms with Crippen LogP contribution in [0.5, 0.6) is 0 Å².